The molecule has 0 saturated heterocycles. The van der Waals surface area contributed by atoms with Gasteiger partial charge in [-0.15, -0.1) is 10.2 Å². The maximum Gasteiger partial charge on any atom is 0.305 e. The Bertz CT molecular complexity index is 1030. The highest BCUT2D eigenvalue weighted by Crippen LogP contribution is 2.25. The number of benzene rings is 2. The summed E-state index contributed by atoms with van der Waals surface area (Å²) in [6.07, 6.45) is 0.793. The lowest BCUT2D eigenvalue weighted by atomic mass is 10.2. The predicted molar refractivity (Wildman–Crippen MR) is 121 cm³/mol. The standard InChI is InChI=1S/C23H25FN4O3S/c1-2-31-21(30)9-6-14-25-20(29)16-32-23-27-26-22(18-10-12-19(24)13-11-18)28(23)15-17-7-4-3-5-8-17/h3-5,7-8,10-13H,2,6,9,14-16H2,1H3,(H,25,29). The summed E-state index contributed by atoms with van der Waals surface area (Å²) >= 11 is 1.28. The summed E-state index contributed by atoms with van der Waals surface area (Å²) in [6.45, 7) is 3.03. The van der Waals surface area contributed by atoms with Crippen molar-refractivity contribution in [1.82, 2.24) is 20.1 Å². The number of carbonyl (C=O) groups excluding carboxylic acids is 2. The van der Waals surface area contributed by atoms with E-state index in [1.54, 1.807) is 19.1 Å². The van der Waals surface area contributed by atoms with Crippen LogP contribution in [0.4, 0.5) is 4.39 Å². The van der Waals surface area contributed by atoms with Crippen molar-refractivity contribution in [2.45, 2.75) is 31.5 Å². The number of rotatable bonds is 11. The quantitative estimate of drug-likeness (QED) is 0.269. The molecule has 0 aliphatic heterocycles. The van der Waals surface area contributed by atoms with E-state index in [1.807, 2.05) is 34.9 Å². The van der Waals surface area contributed by atoms with Gasteiger partial charge in [0.15, 0.2) is 11.0 Å². The van der Waals surface area contributed by atoms with Crippen molar-refractivity contribution in [1.29, 1.82) is 0 Å². The minimum Gasteiger partial charge on any atom is -0.466 e. The van der Waals surface area contributed by atoms with Crippen LogP contribution >= 0.6 is 11.8 Å². The monoisotopic (exact) mass is 456 g/mol. The van der Waals surface area contributed by atoms with E-state index in [0.717, 1.165) is 11.1 Å². The van der Waals surface area contributed by atoms with Gasteiger partial charge < -0.3 is 10.1 Å². The molecule has 7 nitrogen and oxygen atoms in total. The second-order valence-electron chi connectivity index (χ2n) is 6.93. The lowest BCUT2D eigenvalue weighted by Gasteiger charge is -2.11. The van der Waals surface area contributed by atoms with Crippen LogP contribution in [0.5, 0.6) is 0 Å². The summed E-state index contributed by atoms with van der Waals surface area (Å²) in [7, 11) is 0. The summed E-state index contributed by atoms with van der Waals surface area (Å²) in [6, 6.07) is 15.9. The second-order valence-corrected chi connectivity index (χ2v) is 7.87. The Morgan fingerprint density at radius 2 is 1.84 bits per heavy atom. The molecule has 32 heavy (non-hydrogen) atoms. The SMILES string of the molecule is CCOC(=O)CCCNC(=O)CSc1nnc(-c2ccc(F)cc2)n1Cc1ccccc1. The van der Waals surface area contributed by atoms with Crippen molar-refractivity contribution >= 4 is 23.6 Å². The molecule has 1 N–H and O–H groups in total. The number of hydrogen-bond donors (Lipinski definition) is 1. The van der Waals surface area contributed by atoms with Gasteiger partial charge in [0.2, 0.25) is 5.91 Å². The molecule has 0 aliphatic carbocycles. The van der Waals surface area contributed by atoms with Gasteiger partial charge in [0, 0.05) is 18.5 Å². The molecule has 0 unspecified atom stereocenters. The number of nitrogens with zero attached hydrogens (tertiary/aromatic N) is 3. The maximum atomic E-state index is 13.4. The Labute approximate surface area is 190 Å². The van der Waals surface area contributed by atoms with Gasteiger partial charge in [0.05, 0.1) is 18.9 Å². The molecule has 1 heterocycles. The predicted octanol–water partition coefficient (Wildman–Crippen LogP) is 3.68. The summed E-state index contributed by atoms with van der Waals surface area (Å²) in [5.41, 5.74) is 1.80. The van der Waals surface area contributed by atoms with Crippen LogP contribution in [0, 0.1) is 5.82 Å². The fourth-order valence-corrected chi connectivity index (χ4v) is 3.76. The molecule has 0 saturated carbocycles. The Hall–Kier alpha value is -3.20. The van der Waals surface area contributed by atoms with Crippen molar-refractivity contribution < 1.29 is 18.7 Å². The van der Waals surface area contributed by atoms with Crippen LogP contribution in [-0.4, -0.2) is 45.5 Å². The van der Waals surface area contributed by atoms with Crippen LogP contribution in [0.3, 0.4) is 0 Å². The van der Waals surface area contributed by atoms with E-state index in [-0.39, 0.29) is 29.9 Å². The molecule has 3 rings (SSSR count). The van der Waals surface area contributed by atoms with Gasteiger partial charge in [-0.2, -0.15) is 0 Å². The van der Waals surface area contributed by atoms with E-state index in [0.29, 0.717) is 37.1 Å². The first-order valence-electron chi connectivity index (χ1n) is 10.3. The van der Waals surface area contributed by atoms with E-state index in [2.05, 4.69) is 15.5 Å². The third kappa shape index (κ3) is 6.91. The van der Waals surface area contributed by atoms with Crippen LogP contribution in [0.1, 0.15) is 25.3 Å². The summed E-state index contributed by atoms with van der Waals surface area (Å²) in [5.74, 6) is 0.0219. The molecule has 0 bridgehead atoms. The molecule has 3 aromatic rings. The van der Waals surface area contributed by atoms with E-state index in [4.69, 9.17) is 4.74 Å². The highest BCUT2D eigenvalue weighted by Gasteiger charge is 2.16. The lowest BCUT2D eigenvalue weighted by Crippen LogP contribution is -2.26. The number of nitrogens with one attached hydrogen (secondary N) is 1. The first-order valence-corrected chi connectivity index (χ1v) is 11.3. The van der Waals surface area contributed by atoms with Gasteiger partial charge in [-0.25, -0.2) is 4.39 Å². The molecule has 0 atom stereocenters. The fourth-order valence-electron chi connectivity index (χ4n) is 2.99. The number of esters is 1. The molecule has 9 heteroatoms. The van der Waals surface area contributed by atoms with Crippen LogP contribution in [0.15, 0.2) is 59.8 Å². The molecule has 1 amide bonds. The van der Waals surface area contributed by atoms with Gasteiger partial charge in [-0.3, -0.25) is 14.2 Å². The zero-order valence-electron chi connectivity index (χ0n) is 17.8. The highest BCUT2D eigenvalue weighted by atomic mass is 32.2. The van der Waals surface area contributed by atoms with Crippen LogP contribution in [0.25, 0.3) is 11.4 Å². The zero-order chi connectivity index (χ0) is 22.8. The number of halogens is 1. The average molecular weight is 457 g/mol. The fraction of sp³-hybridized carbons (Fsp3) is 0.304. The molecule has 0 aliphatic rings. The van der Waals surface area contributed by atoms with Crippen LogP contribution in [-0.2, 0) is 20.9 Å². The number of thioether (sulfide) groups is 1. The van der Waals surface area contributed by atoms with Crippen molar-refractivity contribution in [2.75, 3.05) is 18.9 Å². The average Bonchev–Trinajstić information content (AvgIpc) is 3.19. The van der Waals surface area contributed by atoms with Crippen molar-refractivity contribution in [3.63, 3.8) is 0 Å². The molecule has 0 fully saturated rings. The Balaban J connectivity index is 1.64. The van der Waals surface area contributed by atoms with Crippen LogP contribution < -0.4 is 5.32 Å². The summed E-state index contributed by atoms with van der Waals surface area (Å²) in [4.78, 5) is 23.6. The minimum atomic E-state index is -0.322. The van der Waals surface area contributed by atoms with Crippen LogP contribution in [0.2, 0.25) is 0 Å². The Kier molecular flexibility index (Phi) is 8.79. The number of carbonyl (C=O) groups is 2. The normalized spacial score (nSPS) is 10.7. The Morgan fingerprint density at radius 3 is 2.56 bits per heavy atom. The molecule has 168 valence electrons. The minimum absolute atomic E-state index is 0.156. The molecule has 2 aromatic carbocycles. The molecular formula is C23H25FN4O3S. The highest BCUT2D eigenvalue weighted by molar-refractivity contribution is 7.99. The van der Waals surface area contributed by atoms with Crippen molar-refractivity contribution in [2.24, 2.45) is 0 Å². The van der Waals surface area contributed by atoms with Crippen molar-refractivity contribution in [3.05, 3.63) is 66.0 Å². The third-order valence-electron chi connectivity index (χ3n) is 4.52. The topological polar surface area (TPSA) is 86.1 Å². The lowest BCUT2D eigenvalue weighted by molar-refractivity contribution is -0.143. The van der Waals surface area contributed by atoms with E-state index >= 15 is 0 Å². The van der Waals surface area contributed by atoms with E-state index in [9.17, 15) is 14.0 Å². The molecule has 0 spiro atoms. The maximum absolute atomic E-state index is 13.4. The van der Waals surface area contributed by atoms with Crippen molar-refractivity contribution in [3.8, 4) is 11.4 Å². The Morgan fingerprint density at radius 1 is 1.09 bits per heavy atom. The molecule has 0 radical (unpaired) electrons. The van der Waals surface area contributed by atoms with Gasteiger partial charge in [0.25, 0.3) is 0 Å². The summed E-state index contributed by atoms with van der Waals surface area (Å²) < 4.78 is 20.1. The third-order valence-corrected chi connectivity index (χ3v) is 5.49. The first kappa shape index (κ1) is 23.5. The largest absolute Gasteiger partial charge is 0.466 e. The van der Waals surface area contributed by atoms with Gasteiger partial charge in [-0.1, -0.05) is 42.1 Å². The smallest absolute Gasteiger partial charge is 0.305 e. The number of aromatic nitrogens is 3. The van der Waals surface area contributed by atoms with E-state index < -0.39 is 0 Å². The van der Waals surface area contributed by atoms with Gasteiger partial charge in [-0.05, 0) is 43.2 Å². The van der Waals surface area contributed by atoms with Gasteiger partial charge >= 0.3 is 5.97 Å². The second kappa shape index (κ2) is 12.0. The molecule has 1 aromatic heterocycles. The molecular weight excluding hydrogens is 431 g/mol. The zero-order valence-corrected chi connectivity index (χ0v) is 18.6. The van der Waals surface area contributed by atoms with Gasteiger partial charge in [0.1, 0.15) is 5.82 Å². The number of amides is 1. The number of ether oxygens (including phenoxy) is 1. The number of hydrogen-bond acceptors (Lipinski definition) is 6. The first-order chi connectivity index (χ1) is 15.6. The van der Waals surface area contributed by atoms with E-state index in [1.165, 1.54) is 23.9 Å². The summed E-state index contributed by atoms with van der Waals surface area (Å²) in [5, 5.41) is 11.9.